The van der Waals surface area contributed by atoms with Crippen LogP contribution in [0, 0.1) is 0 Å². The van der Waals surface area contributed by atoms with Crippen LogP contribution in [0.25, 0.3) is 0 Å². The number of alkyl carbamates (subject to hydrolysis) is 1. The van der Waals surface area contributed by atoms with Gasteiger partial charge >= 0.3 is 6.09 Å². The molecular formula is C18H31NO5. The lowest BCUT2D eigenvalue weighted by molar-refractivity contribution is 0.00101. The van der Waals surface area contributed by atoms with Crippen LogP contribution in [-0.4, -0.2) is 48.3 Å². The first-order valence-electron chi connectivity index (χ1n) is 8.87. The van der Waals surface area contributed by atoms with Gasteiger partial charge in [0.25, 0.3) is 0 Å². The minimum absolute atomic E-state index is 0.0807. The van der Waals surface area contributed by atoms with E-state index < -0.39 is 17.3 Å². The van der Waals surface area contributed by atoms with Crippen LogP contribution in [0.3, 0.4) is 0 Å². The van der Waals surface area contributed by atoms with Gasteiger partial charge in [0.1, 0.15) is 24.6 Å². The highest BCUT2D eigenvalue weighted by atomic mass is 16.6. The van der Waals surface area contributed by atoms with Crippen molar-refractivity contribution in [3.63, 3.8) is 0 Å². The summed E-state index contributed by atoms with van der Waals surface area (Å²) < 4.78 is 16.5. The number of carbonyl (C=O) groups is 1. The normalized spacial score (nSPS) is 23.3. The molecule has 0 bridgehead atoms. The number of aliphatic hydroxyl groups is 1. The summed E-state index contributed by atoms with van der Waals surface area (Å²) in [4.78, 5) is 11.7. The highest BCUT2D eigenvalue weighted by molar-refractivity contribution is 5.68. The van der Waals surface area contributed by atoms with E-state index in [2.05, 4.69) is 5.32 Å². The molecule has 0 aromatic carbocycles. The van der Waals surface area contributed by atoms with E-state index in [-0.39, 0.29) is 6.04 Å². The Hall–Kier alpha value is -1.27. The van der Waals surface area contributed by atoms with Crippen LogP contribution in [0.5, 0.6) is 0 Å². The summed E-state index contributed by atoms with van der Waals surface area (Å²) in [6.45, 7) is 6.87. The summed E-state index contributed by atoms with van der Waals surface area (Å²) in [5.74, 6) is 0.788. The first-order valence-corrected chi connectivity index (χ1v) is 8.87. The molecule has 1 saturated carbocycles. The molecule has 2 rings (SSSR count). The van der Waals surface area contributed by atoms with Gasteiger partial charge in [-0.25, -0.2) is 4.79 Å². The highest BCUT2D eigenvalue weighted by Gasteiger charge is 2.30. The molecule has 6 nitrogen and oxygen atoms in total. The molecule has 1 heterocycles. The summed E-state index contributed by atoms with van der Waals surface area (Å²) in [5, 5.41) is 13.1. The van der Waals surface area contributed by atoms with Crippen molar-refractivity contribution in [1.82, 2.24) is 5.32 Å². The quantitative estimate of drug-likeness (QED) is 0.727. The number of hydrogen-bond donors (Lipinski definition) is 2. The molecule has 2 N–H and O–H groups in total. The van der Waals surface area contributed by atoms with Gasteiger partial charge in [-0.2, -0.15) is 0 Å². The zero-order valence-electron chi connectivity index (χ0n) is 15.1. The average molecular weight is 341 g/mol. The van der Waals surface area contributed by atoms with Crippen molar-refractivity contribution >= 4 is 6.09 Å². The number of nitrogens with one attached hydrogen (secondary N) is 1. The maximum absolute atomic E-state index is 11.7. The fourth-order valence-corrected chi connectivity index (χ4v) is 3.00. The van der Waals surface area contributed by atoms with Gasteiger partial charge in [-0.3, -0.25) is 0 Å². The Morgan fingerprint density at radius 1 is 1.42 bits per heavy atom. The van der Waals surface area contributed by atoms with Crippen LogP contribution in [-0.2, 0) is 14.2 Å². The molecular weight excluding hydrogens is 310 g/mol. The van der Waals surface area contributed by atoms with Gasteiger partial charge in [0.05, 0.1) is 11.6 Å². The van der Waals surface area contributed by atoms with Crippen LogP contribution in [0.2, 0.25) is 0 Å². The molecule has 1 atom stereocenters. The van der Waals surface area contributed by atoms with E-state index in [4.69, 9.17) is 14.2 Å². The Kier molecular flexibility index (Phi) is 6.52. The lowest BCUT2D eigenvalue weighted by Crippen LogP contribution is -2.42. The van der Waals surface area contributed by atoms with Gasteiger partial charge in [-0.05, 0) is 52.5 Å². The minimum Gasteiger partial charge on any atom is -0.494 e. The Balaban J connectivity index is 1.61. The monoisotopic (exact) mass is 341 g/mol. The Bertz CT molecular complexity index is 449. The summed E-state index contributed by atoms with van der Waals surface area (Å²) in [6, 6.07) is -0.0807. The molecule has 1 aliphatic carbocycles. The lowest BCUT2D eigenvalue weighted by Gasteiger charge is -2.26. The van der Waals surface area contributed by atoms with Crippen LogP contribution >= 0.6 is 0 Å². The SMILES string of the molecule is CC(C)(C)OC(=O)NC1CC=C(COCCC2(O)CCCC2)OC1. The molecule has 0 saturated heterocycles. The Morgan fingerprint density at radius 2 is 2.12 bits per heavy atom. The van der Waals surface area contributed by atoms with Crippen molar-refractivity contribution in [3.8, 4) is 0 Å². The van der Waals surface area contributed by atoms with E-state index in [1.54, 1.807) is 0 Å². The molecule has 138 valence electrons. The molecule has 6 heteroatoms. The van der Waals surface area contributed by atoms with Gasteiger partial charge in [0.15, 0.2) is 0 Å². The third kappa shape index (κ3) is 6.69. The molecule has 0 spiro atoms. The van der Waals surface area contributed by atoms with E-state index in [1.165, 1.54) is 0 Å². The number of carbonyl (C=O) groups excluding carboxylic acids is 1. The minimum atomic E-state index is -0.524. The van der Waals surface area contributed by atoms with Crippen molar-refractivity contribution in [2.45, 2.75) is 76.5 Å². The van der Waals surface area contributed by atoms with E-state index in [0.29, 0.717) is 32.7 Å². The summed E-state index contributed by atoms with van der Waals surface area (Å²) >= 11 is 0. The van der Waals surface area contributed by atoms with Crippen LogP contribution in [0.1, 0.15) is 59.3 Å². The number of hydrogen-bond acceptors (Lipinski definition) is 5. The fraction of sp³-hybridized carbons (Fsp3) is 0.833. The second-order valence-electron chi connectivity index (χ2n) is 7.79. The summed E-state index contributed by atoms with van der Waals surface area (Å²) in [7, 11) is 0. The predicted octanol–water partition coefficient (Wildman–Crippen LogP) is 2.90. The number of rotatable bonds is 6. The third-order valence-electron chi connectivity index (χ3n) is 4.31. The molecule has 24 heavy (non-hydrogen) atoms. The first kappa shape index (κ1) is 19.1. The maximum atomic E-state index is 11.7. The van der Waals surface area contributed by atoms with Crippen molar-refractivity contribution in [3.05, 3.63) is 11.8 Å². The van der Waals surface area contributed by atoms with Gasteiger partial charge in [0.2, 0.25) is 0 Å². The van der Waals surface area contributed by atoms with Crippen LogP contribution in [0.15, 0.2) is 11.8 Å². The van der Waals surface area contributed by atoms with Crippen molar-refractivity contribution in [1.29, 1.82) is 0 Å². The van der Waals surface area contributed by atoms with Gasteiger partial charge in [-0.15, -0.1) is 0 Å². The van der Waals surface area contributed by atoms with Gasteiger partial charge in [0, 0.05) is 6.61 Å². The first-order chi connectivity index (χ1) is 11.3. The molecule has 1 aliphatic heterocycles. The third-order valence-corrected chi connectivity index (χ3v) is 4.31. The van der Waals surface area contributed by atoms with Crippen LogP contribution in [0.4, 0.5) is 4.79 Å². The standard InChI is InChI=1S/C18H31NO5/c1-17(2,3)24-16(20)19-14-6-7-15(23-12-14)13-22-11-10-18(21)8-4-5-9-18/h7,14,21H,4-6,8-13H2,1-3H3,(H,19,20). The molecule has 1 unspecified atom stereocenters. The second-order valence-corrected chi connectivity index (χ2v) is 7.79. The van der Waals surface area contributed by atoms with E-state index in [9.17, 15) is 9.90 Å². The zero-order valence-corrected chi connectivity index (χ0v) is 15.1. The Morgan fingerprint density at radius 3 is 2.71 bits per heavy atom. The summed E-state index contributed by atoms with van der Waals surface area (Å²) in [5.41, 5.74) is -1.03. The van der Waals surface area contributed by atoms with E-state index in [0.717, 1.165) is 31.4 Å². The zero-order chi connectivity index (χ0) is 17.6. The van der Waals surface area contributed by atoms with Gasteiger partial charge in [-0.1, -0.05) is 12.8 Å². The maximum Gasteiger partial charge on any atom is 0.408 e. The van der Waals surface area contributed by atoms with Gasteiger partial charge < -0.3 is 24.6 Å². The van der Waals surface area contributed by atoms with Crippen molar-refractivity contribution in [2.75, 3.05) is 19.8 Å². The average Bonchev–Trinajstić information content (AvgIpc) is 2.90. The molecule has 0 aromatic heterocycles. The lowest BCUT2D eigenvalue weighted by atomic mass is 9.99. The topological polar surface area (TPSA) is 77.0 Å². The largest absolute Gasteiger partial charge is 0.494 e. The Labute approximate surface area is 144 Å². The smallest absolute Gasteiger partial charge is 0.408 e. The second kappa shape index (κ2) is 8.21. The number of amides is 1. The molecule has 2 aliphatic rings. The highest BCUT2D eigenvalue weighted by Crippen LogP contribution is 2.32. The molecule has 1 amide bonds. The summed E-state index contributed by atoms with van der Waals surface area (Å²) in [6.07, 6.45) is 6.88. The predicted molar refractivity (Wildman–Crippen MR) is 90.7 cm³/mol. The van der Waals surface area contributed by atoms with Crippen molar-refractivity contribution in [2.24, 2.45) is 0 Å². The number of ether oxygens (including phenoxy) is 3. The molecule has 1 fully saturated rings. The van der Waals surface area contributed by atoms with E-state index in [1.807, 2.05) is 26.8 Å². The van der Waals surface area contributed by atoms with Crippen LogP contribution < -0.4 is 5.32 Å². The van der Waals surface area contributed by atoms with E-state index >= 15 is 0 Å². The molecule has 0 aromatic rings. The fourth-order valence-electron chi connectivity index (χ4n) is 3.00. The van der Waals surface area contributed by atoms with Crippen molar-refractivity contribution < 1.29 is 24.1 Å². The molecule has 0 radical (unpaired) electrons.